The molecule has 1 unspecified atom stereocenters. The molecular formula is C31H37N11O10S2. The van der Waals surface area contributed by atoms with Crippen LogP contribution < -0.4 is 32.8 Å². The summed E-state index contributed by atoms with van der Waals surface area (Å²) < 4.78 is 0.662. The predicted molar refractivity (Wildman–Crippen MR) is 195 cm³/mol. The molecule has 3 aliphatic rings. The Balaban J connectivity index is 1.18. The van der Waals surface area contributed by atoms with Gasteiger partial charge in [-0.15, -0.1) is 23.1 Å². The molecule has 0 spiro atoms. The second kappa shape index (κ2) is 16.3. The van der Waals surface area contributed by atoms with Crippen LogP contribution in [0.15, 0.2) is 67.9 Å². The lowest BCUT2D eigenvalue weighted by Crippen LogP contribution is -2.71. The van der Waals surface area contributed by atoms with Crippen LogP contribution in [0.5, 0.6) is 5.75 Å². The van der Waals surface area contributed by atoms with Gasteiger partial charge in [0.15, 0.2) is 16.6 Å². The number of hydrogen-bond donors (Lipinski definition) is 9. The number of rotatable bonds is 16. The molecule has 2 atom stereocenters. The first-order valence-corrected chi connectivity index (χ1v) is 17.9. The van der Waals surface area contributed by atoms with Crippen molar-refractivity contribution >= 4 is 63.5 Å². The lowest BCUT2D eigenvalue weighted by Gasteiger charge is -2.49. The molecule has 1 fully saturated rings. The highest BCUT2D eigenvalue weighted by Gasteiger charge is 2.54. The standard InChI is InChI=1S/C31H37N11O10S2/c1-31(2,29(49)50)52-39-21(18-13-54-30(33)37-18)25(45)38-22-26(46)42-23(28(47)48)15(12-53-27(22)42)4-3-7-40-10-17(24(32)36-14-40)35-6-5-34-9-16-8-19(43)20(44)11-41(16)51/h3-4,8,10-11,13,22,27,34-35,44,51H,5-7,9,12,14H2,1-2H3,(H2,32,36)(H2,33,37)(H,38,45)(H,47,48)(H,49,50)/b4-3+,39-21-/t22-,27?/m1/s1. The van der Waals surface area contributed by atoms with Gasteiger partial charge in [-0.05, 0) is 19.4 Å². The Morgan fingerprint density at radius 1 is 1.20 bits per heavy atom. The lowest BCUT2D eigenvalue weighted by atomic mass is 10.0. The van der Waals surface area contributed by atoms with Gasteiger partial charge in [-0.25, -0.2) is 19.6 Å². The van der Waals surface area contributed by atoms with E-state index in [-0.39, 0.29) is 47.0 Å². The molecule has 11 N–H and O–H groups in total. The number of amides is 2. The fourth-order valence-electron chi connectivity index (χ4n) is 5.09. The average molecular weight is 788 g/mol. The fourth-order valence-corrected chi connectivity index (χ4v) is 6.95. The van der Waals surface area contributed by atoms with Crippen LogP contribution in [0, 0.1) is 0 Å². The molecule has 5 heterocycles. The summed E-state index contributed by atoms with van der Waals surface area (Å²) in [6.07, 6.45) is 6.01. The van der Waals surface area contributed by atoms with Crippen LogP contribution in [0.1, 0.15) is 25.2 Å². The van der Waals surface area contributed by atoms with Gasteiger partial charge in [0.2, 0.25) is 11.0 Å². The molecule has 54 heavy (non-hydrogen) atoms. The molecule has 3 aliphatic heterocycles. The zero-order valence-corrected chi connectivity index (χ0v) is 30.4. The Morgan fingerprint density at radius 3 is 2.65 bits per heavy atom. The Labute approximate surface area is 314 Å². The first-order valence-electron chi connectivity index (χ1n) is 16.0. The Morgan fingerprint density at radius 2 is 1.96 bits per heavy atom. The number of β-lactam (4-membered cyclic amide) rings is 1. The predicted octanol–water partition coefficient (Wildman–Crippen LogP) is -1.44. The second-order valence-corrected chi connectivity index (χ2v) is 14.3. The van der Waals surface area contributed by atoms with E-state index in [9.17, 15) is 44.5 Å². The van der Waals surface area contributed by atoms with Crippen molar-refractivity contribution in [3.63, 3.8) is 0 Å². The minimum Gasteiger partial charge on any atom is -0.503 e. The van der Waals surface area contributed by atoms with Crippen LogP contribution in [0.4, 0.5) is 5.13 Å². The number of carboxylic acids is 2. The molecule has 5 rings (SSSR count). The highest BCUT2D eigenvalue weighted by Crippen LogP contribution is 2.40. The Bertz CT molecular complexity index is 2060. The number of anilines is 1. The molecule has 2 aromatic heterocycles. The fraction of sp³-hybridized carbons (Fsp3) is 0.355. The molecule has 288 valence electrons. The van der Waals surface area contributed by atoms with Crippen LogP contribution >= 0.6 is 23.1 Å². The van der Waals surface area contributed by atoms with Crippen molar-refractivity contribution in [2.45, 2.75) is 37.4 Å². The SMILES string of the molecule is CC(C)(O/N=C(\C(=O)N[C@@H]1C(=O)N2C(C(=O)O)=C(/C=C/CN3C=C(NCCNCc4cc(=O)c(O)cn4O)C(N)=NC3)CSC12)c1csc(N)n1)C(=O)O. The van der Waals surface area contributed by atoms with Gasteiger partial charge in [-0.3, -0.25) is 19.3 Å². The minimum absolute atomic E-state index is 0.00435. The smallest absolute Gasteiger partial charge is 0.352 e. The van der Waals surface area contributed by atoms with E-state index in [1.54, 1.807) is 18.4 Å². The van der Waals surface area contributed by atoms with E-state index < -0.39 is 57.7 Å². The van der Waals surface area contributed by atoms with Crippen LogP contribution in [-0.4, -0.2) is 124 Å². The highest BCUT2D eigenvalue weighted by molar-refractivity contribution is 8.00. The van der Waals surface area contributed by atoms with Gasteiger partial charge >= 0.3 is 11.9 Å². The number of nitrogens with zero attached hydrogens (tertiary/aromatic N) is 6. The minimum atomic E-state index is -1.79. The molecule has 1 saturated heterocycles. The van der Waals surface area contributed by atoms with E-state index in [0.29, 0.717) is 35.6 Å². The number of aliphatic carboxylic acids is 2. The van der Waals surface area contributed by atoms with Crippen molar-refractivity contribution < 1.29 is 44.5 Å². The number of amidine groups is 1. The number of carboxylic acid groups (broad SMARTS) is 2. The number of aromatic nitrogens is 2. The molecule has 0 aromatic carbocycles. The third kappa shape index (κ3) is 8.75. The summed E-state index contributed by atoms with van der Waals surface area (Å²) in [7, 11) is 0. The number of aliphatic imine (C=N–C) groups is 1. The van der Waals surface area contributed by atoms with Gasteiger partial charge in [0.1, 0.15) is 35.3 Å². The van der Waals surface area contributed by atoms with Crippen molar-refractivity contribution in [1.82, 2.24) is 35.5 Å². The number of pyridine rings is 1. The number of hydrogen-bond acceptors (Lipinski definition) is 18. The summed E-state index contributed by atoms with van der Waals surface area (Å²) >= 11 is 2.25. The van der Waals surface area contributed by atoms with Gasteiger partial charge in [0.05, 0.1) is 17.6 Å². The van der Waals surface area contributed by atoms with E-state index in [2.05, 4.69) is 31.1 Å². The summed E-state index contributed by atoms with van der Waals surface area (Å²) in [5.74, 6) is -4.32. The summed E-state index contributed by atoms with van der Waals surface area (Å²) in [6.45, 7) is 3.99. The number of aromatic hydroxyl groups is 1. The maximum absolute atomic E-state index is 13.3. The van der Waals surface area contributed by atoms with E-state index in [1.807, 2.05) is 4.90 Å². The summed E-state index contributed by atoms with van der Waals surface area (Å²) in [6, 6.07) is -0.00276. The number of oxime groups is 1. The first-order chi connectivity index (χ1) is 25.6. The van der Waals surface area contributed by atoms with Crippen molar-refractivity contribution in [2.75, 3.05) is 37.8 Å². The van der Waals surface area contributed by atoms with Gasteiger partial charge in [-0.2, -0.15) is 4.73 Å². The number of thioether (sulfide) groups is 1. The van der Waals surface area contributed by atoms with Crippen molar-refractivity contribution in [2.24, 2.45) is 15.9 Å². The van der Waals surface area contributed by atoms with Crippen LogP contribution in [0.3, 0.4) is 0 Å². The number of carbonyl (C=O) groups is 4. The summed E-state index contributed by atoms with van der Waals surface area (Å²) in [5.41, 5.74) is 9.89. The first kappa shape index (κ1) is 39.1. The third-order valence-corrected chi connectivity index (χ3v) is 10.0. The van der Waals surface area contributed by atoms with Crippen molar-refractivity contribution in [3.05, 3.63) is 74.6 Å². The quantitative estimate of drug-likeness (QED) is 0.0309. The van der Waals surface area contributed by atoms with E-state index >= 15 is 0 Å². The molecule has 21 nitrogen and oxygen atoms in total. The molecule has 0 bridgehead atoms. The highest BCUT2D eigenvalue weighted by atomic mass is 32.2. The Kier molecular flexibility index (Phi) is 11.8. The van der Waals surface area contributed by atoms with E-state index in [1.165, 1.54) is 31.0 Å². The zero-order chi connectivity index (χ0) is 39.3. The maximum atomic E-state index is 13.3. The van der Waals surface area contributed by atoms with Gasteiger partial charge < -0.3 is 57.7 Å². The van der Waals surface area contributed by atoms with E-state index in [4.69, 9.17) is 16.3 Å². The molecule has 2 amide bonds. The monoisotopic (exact) mass is 787 g/mol. The number of nitrogen functional groups attached to an aromatic ring is 1. The van der Waals surface area contributed by atoms with E-state index in [0.717, 1.165) is 28.5 Å². The topological polar surface area (TPSA) is 313 Å². The molecule has 0 saturated carbocycles. The number of fused-ring (bicyclic) bond motifs is 1. The lowest BCUT2D eigenvalue weighted by molar-refractivity contribution is -0.161. The number of allylic oxidation sites excluding steroid dienone is 1. The second-order valence-electron chi connectivity index (χ2n) is 12.3. The molecule has 23 heteroatoms. The Hall–Kier alpha value is -6.07. The third-order valence-electron chi connectivity index (χ3n) is 8.03. The normalized spacial score (nSPS) is 18.9. The van der Waals surface area contributed by atoms with Gasteiger partial charge in [0.25, 0.3) is 11.8 Å². The number of carbonyl (C=O) groups excluding carboxylic acids is 2. The van der Waals surface area contributed by atoms with Crippen molar-refractivity contribution in [3.8, 4) is 5.75 Å². The van der Waals surface area contributed by atoms with Crippen LogP contribution in [0.2, 0.25) is 0 Å². The van der Waals surface area contributed by atoms with Crippen molar-refractivity contribution in [1.29, 1.82) is 0 Å². The van der Waals surface area contributed by atoms with Crippen LogP contribution in [-0.2, 0) is 30.6 Å². The maximum Gasteiger partial charge on any atom is 0.352 e. The molecule has 2 aromatic rings. The van der Waals surface area contributed by atoms with Gasteiger partial charge in [0, 0.05) is 49.6 Å². The largest absolute Gasteiger partial charge is 0.503 e. The summed E-state index contributed by atoms with van der Waals surface area (Å²) in [4.78, 5) is 78.5. The number of thiazole rings is 1. The zero-order valence-electron chi connectivity index (χ0n) is 28.8. The molecule has 0 aliphatic carbocycles. The van der Waals surface area contributed by atoms with Crippen LogP contribution in [0.25, 0.3) is 0 Å². The van der Waals surface area contributed by atoms with Gasteiger partial charge in [-0.1, -0.05) is 17.3 Å². The number of nitrogens with two attached hydrogens (primary N) is 2. The average Bonchev–Trinajstić information content (AvgIpc) is 3.55. The number of nitrogens with one attached hydrogen (secondary N) is 3. The molecular weight excluding hydrogens is 751 g/mol. The molecule has 0 radical (unpaired) electrons. The summed E-state index contributed by atoms with van der Waals surface area (Å²) in [5, 5.41) is 51.9.